The topological polar surface area (TPSA) is 50.4 Å². The average molecular weight is 333 g/mol. The molecule has 0 aromatic heterocycles. The zero-order valence-electron chi connectivity index (χ0n) is 10.8. The van der Waals surface area contributed by atoms with E-state index in [1.165, 1.54) is 12.1 Å². The molecule has 0 radical (unpaired) electrons. The Morgan fingerprint density at radius 1 is 1.42 bits per heavy atom. The fourth-order valence-corrected chi connectivity index (χ4v) is 1.77. The lowest BCUT2D eigenvalue weighted by atomic mass is 10.3. The predicted octanol–water partition coefficient (Wildman–Crippen LogP) is 3.53. The monoisotopic (exact) mass is 332 g/mol. The van der Waals surface area contributed by atoms with Crippen molar-refractivity contribution >= 4 is 27.6 Å². The van der Waals surface area contributed by atoms with Gasteiger partial charge in [-0.1, -0.05) is 15.9 Å². The van der Waals surface area contributed by atoms with Gasteiger partial charge in [-0.15, -0.1) is 0 Å². The summed E-state index contributed by atoms with van der Waals surface area (Å²) in [6.07, 6.45) is 1.72. The number of anilines is 1. The van der Waals surface area contributed by atoms with Gasteiger partial charge in [0.25, 0.3) is 0 Å². The maximum atomic E-state index is 13.4. The first-order valence-electron chi connectivity index (χ1n) is 6.21. The summed E-state index contributed by atoms with van der Waals surface area (Å²) in [6, 6.07) is 4.07. The van der Waals surface area contributed by atoms with Crippen LogP contribution in [-0.4, -0.2) is 25.8 Å². The first-order chi connectivity index (χ1) is 9.13. The maximum Gasteiger partial charge on any atom is 0.319 e. The third kappa shape index (κ3) is 6.54. The first-order valence-corrected chi connectivity index (χ1v) is 7.00. The smallest absolute Gasteiger partial charge is 0.319 e. The molecule has 0 fully saturated rings. The van der Waals surface area contributed by atoms with Crippen LogP contribution in [0.5, 0.6) is 0 Å². The zero-order valence-corrected chi connectivity index (χ0v) is 12.4. The van der Waals surface area contributed by atoms with Crippen molar-refractivity contribution in [2.45, 2.75) is 19.8 Å². The van der Waals surface area contributed by atoms with Crippen LogP contribution in [0.15, 0.2) is 22.7 Å². The van der Waals surface area contributed by atoms with Gasteiger partial charge in [0.15, 0.2) is 0 Å². The minimum atomic E-state index is -0.471. The fourth-order valence-electron chi connectivity index (χ4n) is 1.43. The van der Waals surface area contributed by atoms with Gasteiger partial charge in [-0.2, -0.15) is 0 Å². The molecule has 0 aliphatic heterocycles. The number of ether oxygens (including phenoxy) is 1. The number of carbonyl (C=O) groups is 1. The second kappa shape index (κ2) is 8.87. The molecule has 2 N–H and O–H groups in total. The summed E-state index contributed by atoms with van der Waals surface area (Å²) in [4.78, 5) is 11.5. The number of nitrogens with one attached hydrogen (secondary N) is 2. The quantitative estimate of drug-likeness (QED) is 0.750. The molecule has 0 bridgehead atoms. The van der Waals surface area contributed by atoms with E-state index in [9.17, 15) is 9.18 Å². The molecule has 0 aliphatic carbocycles. The van der Waals surface area contributed by atoms with E-state index >= 15 is 0 Å². The highest BCUT2D eigenvalue weighted by atomic mass is 79.9. The number of rotatable bonds is 7. The third-order valence-corrected chi connectivity index (χ3v) is 2.88. The van der Waals surface area contributed by atoms with Crippen LogP contribution in [0, 0.1) is 5.82 Å². The Hall–Kier alpha value is -1.14. The largest absolute Gasteiger partial charge is 0.382 e. The third-order valence-electron chi connectivity index (χ3n) is 2.38. The molecule has 0 saturated heterocycles. The molecule has 1 aromatic rings. The van der Waals surface area contributed by atoms with Crippen molar-refractivity contribution < 1.29 is 13.9 Å². The van der Waals surface area contributed by atoms with Crippen molar-refractivity contribution in [2.24, 2.45) is 0 Å². The Bertz CT molecular complexity index is 416. The second-order valence-electron chi connectivity index (χ2n) is 3.91. The van der Waals surface area contributed by atoms with Gasteiger partial charge in [-0.25, -0.2) is 9.18 Å². The van der Waals surface area contributed by atoms with Crippen LogP contribution in [-0.2, 0) is 4.74 Å². The molecule has 0 unspecified atom stereocenters. The van der Waals surface area contributed by atoms with E-state index in [0.717, 1.165) is 12.8 Å². The molecule has 1 rings (SSSR count). The van der Waals surface area contributed by atoms with E-state index in [2.05, 4.69) is 26.6 Å². The Balaban J connectivity index is 2.23. The molecule has 106 valence electrons. The normalized spacial score (nSPS) is 10.3. The SMILES string of the molecule is CCOCCCCNC(=O)Nc1ccc(Br)cc1F. The van der Waals surface area contributed by atoms with Gasteiger partial charge in [0.05, 0.1) is 5.69 Å². The minimum absolute atomic E-state index is 0.162. The maximum absolute atomic E-state index is 13.4. The van der Waals surface area contributed by atoms with Crippen LogP contribution in [0.2, 0.25) is 0 Å². The number of amides is 2. The Labute approximate surface area is 120 Å². The Kier molecular flexibility index (Phi) is 7.43. The molecule has 0 atom stereocenters. The highest BCUT2D eigenvalue weighted by Gasteiger charge is 2.06. The molecule has 2 amide bonds. The van der Waals surface area contributed by atoms with Crippen LogP contribution < -0.4 is 10.6 Å². The van der Waals surface area contributed by atoms with Crippen LogP contribution in [0.25, 0.3) is 0 Å². The lowest BCUT2D eigenvalue weighted by Crippen LogP contribution is -2.30. The first kappa shape index (κ1) is 15.9. The number of halogens is 2. The summed E-state index contributed by atoms with van der Waals surface area (Å²) in [5.41, 5.74) is 0.162. The van der Waals surface area contributed by atoms with Gasteiger partial charge in [-0.3, -0.25) is 0 Å². The molecule has 0 saturated carbocycles. The van der Waals surface area contributed by atoms with E-state index in [1.807, 2.05) is 6.92 Å². The summed E-state index contributed by atoms with van der Waals surface area (Å²) in [6.45, 7) is 3.88. The lowest BCUT2D eigenvalue weighted by Gasteiger charge is -2.08. The van der Waals surface area contributed by atoms with E-state index < -0.39 is 11.8 Å². The van der Waals surface area contributed by atoms with E-state index in [-0.39, 0.29) is 5.69 Å². The van der Waals surface area contributed by atoms with Crippen molar-refractivity contribution in [1.82, 2.24) is 5.32 Å². The van der Waals surface area contributed by atoms with Crippen LogP contribution in [0.1, 0.15) is 19.8 Å². The van der Waals surface area contributed by atoms with Crippen LogP contribution >= 0.6 is 15.9 Å². The number of benzene rings is 1. The summed E-state index contributed by atoms with van der Waals surface area (Å²) in [5.74, 6) is -0.471. The number of carbonyl (C=O) groups excluding carboxylic acids is 1. The summed E-state index contributed by atoms with van der Waals surface area (Å²) >= 11 is 3.15. The van der Waals surface area contributed by atoms with E-state index in [0.29, 0.717) is 24.2 Å². The number of unbranched alkanes of at least 4 members (excludes halogenated alkanes) is 1. The van der Waals surface area contributed by atoms with Crippen molar-refractivity contribution in [2.75, 3.05) is 25.1 Å². The second-order valence-corrected chi connectivity index (χ2v) is 4.82. The van der Waals surface area contributed by atoms with Crippen molar-refractivity contribution in [1.29, 1.82) is 0 Å². The van der Waals surface area contributed by atoms with Crippen LogP contribution in [0.4, 0.5) is 14.9 Å². The van der Waals surface area contributed by atoms with Crippen molar-refractivity contribution in [3.63, 3.8) is 0 Å². The van der Waals surface area contributed by atoms with Gasteiger partial charge in [0.1, 0.15) is 5.82 Å². The molecule has 19 heavy (non-hydrogen) atoms. The molecule has 0 aliphatic rings. The molecular formula is C13H18BrFN2O2. The van der Waals surface area contributed by atoms with E-state index in [4.69, 9.17) is 4.74 Å². The number of hydrogen-bond acceptors (Lipinski definition) is 2. The number of urea groups is 1. The molecule has 0 heterocycles. The van der Waals surface area contributed by atoms with Crippen LogP contribution in [0.3, 0.4) is 0 Å². The van der Waals surface area contributed by atoms with Gasteiger partial charge in [-0.05, 0) is 38.0 Å². The lowest BCUT2D eigenvalue weighted by molar-refractivity contribution is 0.143. The summed E-state index contributed by atoms with van der Waals surface area (Å²) < 4.78 is 19.3. The minimum Gasteiger partial charge on any atom is -0.382 e. The fraction of sp³-hybridized carbons (Fsp3) is 0.462. The van der Waals surface area contributed by atoms with Gasteiger partial charge in [0.2, 0.25) is 0 Å². The van der Waals surface area contributed by atoms with Gasteiger partial charge >= 0.3 is 6.03 Å². The molecule has 4 nitrogen and oxygen atoms in total. The molecule has 1 aromatic carbocycles. The zero-order chi connectivity index (χ0) is 14.1. The van der Waals surface area contributed by atoms with Gasteiger partial charge < -0.3 is 15.4 Å². The highest BCUT2D eigenvalue weighted by Crippen LogP contribution is 2.19. The predicted molar refractivity (Wildman–Crippen MR) is 76.8 cm³/mol. The highest BCUT2D eigenvalue weighted by molar-refractivity contribution is 9.10. The average Bonchev–Trinajstić information content (AvgIpc) is 2.37. The van der Waals surface area contributed by atoms with Crippen molar-refractivity contribution in [3.8, 4) is 0 Å². The molecule has 6 heteroatoms. The Morgan fingerprint density at radius 2 is 2.21 bits per heavy atom. The molecular weight excluding hydrogens is 315 g/mol. The Morgan fingerprint density at radius 3 is 2.89 bits per heavy atom. The summed E-state index contributed by atoms with van der Waals surface area (Å²) in [7, 11) is 0. The standard InChI is InChI=1S/C13H18BrFN2O2/c1-2-19-8-4-3-7-16-13(18)17-12-6-5-10(14)9-11(12)15/h5-6,9H,2-4,7-8H2,1H3,(H2,16,17,18). The van der Waals surface area contributed by atoms with Gasteiger partial charge in [0, 0.05) is 24.2 Å². The molecule has 0 spiro atoms. The summed E-state index contributed by atoms with van der Waals surface area (Å²) in [5, 5.41) is 5.13. The number of hydrogen-bond donors (Lipinski definition) is 2. The van der Waals surface area contributed by atoms with E-state index in [1.54, 1.807) is 6.07 Å². The van der Waals surface area contributed by atoms with Crippen molar-refractivity contribution in [3.05, 3.63) is 28.5 Å².